The first-order chi connectivity index (χ1) is 13.4. The van der Waals surface area contributed by atoms with Crippen LogP contribution in [-0.2, 0) is 13.0 Å². The van der Waals surface area contributed by atoms with Crippen LogP contribution < -0.4 is 10.6 Å². The predicted octanol–water partition coefficient (Wildman–Crippen LogP) is 2.95. The number of hydrogen-bond donors (Lipinski definition) is 3. The van der Waals surface area contributed by atoms with Crippen molar-refractivity contribution in [2.45, 2.75) is 33.7 Å². The number of nitrogens with zero attached hydrogens (tertiary/aromatic N) is 3. The number of rotatable bonds is 7. The highest BCUT2D eigenvalue weighted by Gasteiger charge is 2.15. The minimum absolute atomic E-state index is 0.230. The maximum Gasteiger partial charge on any atom is 0.286 e. The zero-order chi connectivity index (χ0) is 20.1. The first kappa shape index (κ1) is 19.7. The molecule has 0 atom stereocenters. The number of nitrogens with one attached hydrogen (secondary N) is 3. The minimum atomic E-state index is -0.334. The highest BCUT2D eigenvalue weighted by molar-refractivity contribution is 7.13. The summed E-state index contributed by atoms with van der Waals surface area (Å²) in [7, 11) is 0. The summed E-state index contributed by atoms with van der Waals surface area (Å²) in [5.41, 5.74) is 2.82. The Bertz CT molecular complexity index is 978. The second-order valence-corrected chi connectivity index (χ2v) is 7.90. The van der Waals surface area contributed by atoms with Crippen LogP contribution in [0.1, 0.15) is 50.3 Å². The Kier molecular flexibility index (Phi) is 6.15. The van der Waals surface area contributed by atoms with Crippen LogP contribution in [0.5, 0.6) is 0 Å². The van der Waals surface area contributed by atoms with E-state index in [9.17, 15) is 9.59 Å². The van der Waals surface area contributed by atoms with Gasteiger partial charge in [0.25, 0.3) is 11.8 Å². The van der Waals surface area contributed by atoms with Crippen LogP contribution in [0.4, 0.5) is 5.69 Å². The second-order valence-electron chi connectivity index (χ2n) is 6.84. The summed E-state index contributed by atoms with van der Waals surface area (Å²) in [6, 6.07) is 6.77. The number of aromatic nitrogens is 4. The fourth-order valence-corrected chi connectivity index (χ4v) is 3.48. The SMILES string of the molecule is Cc1[nH]ncc1CNC(=O)c1cccc(NC(=O)c2nnc(CC(C)C)s2)c1. The molecule has 2 heterocycles. The van der Waals surface area contributed by atoms with E-state index in [1.807, 2.05) is 6.92 Å². The maximum atomic E-state index is 12.4. The molecule has 3 rings (SSSR count). The van der Waals surface area contributed by atoms with Crippen molar-refractivity contribution in [3.05, 3.63) is 57.3 Å². The highest BCUT2D eigenvalue weighted by atomic mass is 32.1. The first-order valence-corrected chi connectivity index (χ1v) is 9.75. The third-order valence-corrected chi connectivity index (χ3v) is 4.94. The normalized spacial score (nSPS) is 10.9. The third-order valence-electron chi connectivity index (χ3n) is 4.00. The average molecular weight is 398 g/mol. The molecular formula is C19H22N6O2S. The van der Waals surface area contributed by atoms with Gasteiger partial charge in [-0.05, 0) is 31.0 Å². The molecule has 0 bridgehead atoms. The lowest BCUT2D eigenvalue weighted by Gasteiger charge is -2.07. The number of carbonyl (C=O) groups excluding carboxylic acids is 2. The van der Waals surface area contributed by atoms with Gasteiger partial charge in [-0.2, -0.15) is 5.10 Å². The smallest absolute Gasteiger partial charge is 0.286 e. The molecule has 0 fully saturated rings. The van der Waals surface area contributed by atoms with Gasteiger partial charge in [-0.1, -0.05) is 31.3 Å². The summed E-state index contributed by atoms with van der Waals surface area (Å²) in [6.45, 7) is 6.45. The molecule has 28 heavy (non-hydrogen) atoms. The lowest BCUT2D eigenvalue weighted by Crippen LogP contribution is -2.23. The van der Waals surface area contributed by atoms with E-state index in [2.05, 4.69) is 44.9 Å². The largest absolute Gasteiger partial charge is 0.348 e. The number of aryl methyl sites for hydroxylation is 1. The van der Waals surface area contributed by atoms with Gasteiger partial charge in [-0.3, -0.25) is 14.7 Å². The number of aromatic amines is 1. The van der Waals surface area contributed by atoms with E-state index in [1.54, 1.807) is 30.5 Å². The Balaban J connectivity index is 1.62. The maximum absolute atomic E-state index is 12.4. The van der Waals surface area contributed by atoms with E-state index in [1.165, 1.54) is 11.3 Å². The monoisotopic (exact) mass is 398 g/mol. The quantitative estimate of drug-likeness (QED) is 0.566. The molecule has 0 saturated heterocycles. The van der Waals surface area contributed by atoms with E-state index in [0.717, 1.165) is 22.7 Å². The van der Waals surface area contributed by atoms with E-state index in [-0.39, 0.29) is 11.8 Å². The Hall–Kier alpha value is -3.07. The molecule has 8 nitrogen and oxygen atoms in total. The van der Waals surface area contributed by atoms with E-state index >= 15 is 0 Å². The number of benzene rings is 1. The molecule has 0 unspecified atom stereocenters. The van der Waals surface area contributed by atoms with Gasteiger partial charge in [0.2, 0.25) is 5.01 Å². The van der Waals surface area contributed by atoms with Gasteiger partial charge in [0.1, 0.15) is 5.01 Å². The number of H-pyrrole nitrogens is 1. The van der Waals surface area contributed by atoms with Crippen molar-refractivity contribution < 1.29 is 9.59 Å². The topological polar surface area (TPSA) is 113 Å². The number of anilines is 1. The highest BCUT2D eigenvalue weighted by Crippen LogP contribution is 2.17. The molecule has 0 aliphatic carbocycles. The van der Waals surface area contributed by atoms with Crippen LogP contribution in [0, 0.1) is 12.8 Å². The molecule has 1 aromatic carbocycles. The predicted molar refractivity (Wildman–Crippen MR) is 107 cm³/mol. The molecule has 2 amide bonds. The lowest BCUT2D eigenvalue weighted by molar-refractivity contribution is 0.0949. The third kappa shape index (κ3) is 5.01. The van der Waals surface area contributed by atoms with Crippen LogP contribution in [0.3, 0.4) is 0 Å². The van der Waals surface area contributed by atoms with E-state index < -0.39 is 0 Å². The van der Waals surface area contributed by atoms with Crippen molar-refractivity contribution in [2.24, 2.45) is 5.92 Å². The molecule has 2 aromatic heterocycles. The number of amides is 2. The van der Waals surface area contributed by atoms with Crippen molar-refractivity contribution in [3.8, 4) is 0 Å². The Morgan fingerprint density at radius 3 is 2.75 bits per heavy atom. The van der Waals surface area contributed by atoms with Gasteiger partial charge in [0.05, 0.1) is 6.20 Å². The van der Waals surface area contributed by atoms with Crippen molar-refractivity contribution in [1.82, 2.24) is 25.7 Å². The van der Waals surface area contributed by atoms with Crippen LogP contribution >= 0.6 is 11.3 Å². The van der Waals surface area contributed by atoms with E-state index in [4.69, 9.17) is 0 Å². The van der Waals surface area contributed by atoms with Crippen LogP contribution in [0.15, 0.2) is 30.5 Å². The van der Waals surface area contributed by atoms with Crippen molar-refractivity contribution in [2.75, 3.05) is 5.32 Å². The van der Waals surface area contributed by atoms with Gasteiger partial charge in [0.15, 0.2) is 0 Å². The van der Waals surface area contributed by atoms with Gasteiger partial charge in [-0.15, -0.1) is 10.2 Å². The molecule has 0 spiro atoms. The van der Waals surface area contributed by atoms with E-state index in [0.29, 0.717) is 28.7 Å². The zero-order valence-electron chi connectivity index (χ0n) is 15.9. The molecule has 0 aliphatic heterocycles. The van der Waals surface area contributed by atoms with Crippen molar-refractivity contribution in [1.29, 1.82) is 0 Å². The lowest BCUT2D eigenvalue weighted by atomic mass is 10.1. The first-order valence-electron chi connectivity index (χ1n) is 8.93. The minimum Gasteiger partial charge on any atom is -0.348 e. The molecule has 0 radical (unpaired) electrons. The molecular weight excluding hydrogens is 376 g/mol. The van der Waals surface area contributed by atoms with Crippen LogP contribution in [0.25, 0.3) is 0 Å². The van der Waals surface area contributed by atoms with Gasteiger partial charge in [-0.25, -0.2) is 0 Å². The Labute approximate surface area is 166 Å². The van der Waals surface area contributed by atoms with Gasteiger partial charge >= 0.3 is 0 Å². The van der Waals surface area contributed by atoms with Gasteiger partial charge in [0, 0.05) is 35.5 Å². The molecule has 146 valence electrons. The molecule has 3 aromatic rings. The van der Waals surface area contributed by atoms with Crippen molar-refractivity contribution in [3.63, 3.8) is 0 Å². The summed E-state index contributed by atoms with van der Waals surface area (Å²) in [6.07, 6.45) is 2.47. The summed E-state index contributed by atoms with van der Waals surface area (Å²) >= 11 is 1.28. The Morgan fingerprint density at radius 2 is 2.04 bits per heavy atom. The second kappa shape index (κ2) is 8.75. The summed E-state index contributed by atoms with van der Waals surface area (Å²) in [4.78, 5) is 24.8. The molecule has 0 aliphatic rings. The molecule has 3 N–H and O–H groups in total. The van der Waals surface area contributed by atoms with Crippen LogP contribution in [0.2, 0.25) is 0 Å². The fourth-order valence-electron chi connectivity index (χ4n) is 2.53. The molecule has 0 saturated carbocycles. The number of hydrogen-bond acceptors (Lipinski definition) is 6. The standard InChI is InChI=1S/C19H22N6O2S/c1-11(2)7-16-24-25-19(28-16)18(27)22-15-6-4-5-13(8-15)17(26)20-9-14-10-21-23-12(14)3/h4-6,8,10-11H,7,9H2,1-3H3,(H,20,26)(H,21,23)(H,22,27). The number of carbonyl (C=O) groups is 2. The fraction of sp³-hybridized carbons (Fsp3) is 0.316. The summed E-state index contributed by atoms with van der Waals surface area (Å²) in [5, 5.41) is 21.5. The summed E-state index contributed by atoms with van der Waals surface area (Å²) in [5.74, 6) is -0.115. The zero-order valence-corrected chi connectivity index (χ0v) is 16.8. The van der Waals surface area contributed by atoms with Crippen LogP contribution in [-0.4, -0.2) is 32.2 Å². The summed E-state index contributed by atoms with van der Waals surface area (Å²) < 4.78 is 0. The average Bonchev–Trinajstić information content (AvgIpc) is 3.28. The Morgan fingerprint density at radius 1 is 1.21 bits per heavy atom. The molecule has 9 heteroatoms. The van der Waals surface area contributed by atoms with Crippen molar-refractivity contribution >= 4 is 28.8 Å². The van der Waals surface area contributed by atoms with Gasteiger partial charge < -0.3 is 10.6 Å².